The van der Waals surface area contributed by atoms with Crippen LogP contribution in [-0.4, -0.2) is 0 Å². The standard InChI is InChI=1S/C2H2N.La/c1-3-2;/h1H2;/q-1;. The zero-order valence-electron chi connectivity index (χ0n) is 2.23. The van der Waals surface area contributed by atoms with Gasteiger partial charge in [0.15, 0.2) is 0 Å². The van der Waals surface area contributed by atoms with Crippen LogP contribution >= 0.6 is 0 Å². The van der Waals surface area contributed by atoms with E-state index in [0.717, 1.165) is 0 Å². The van der Waals surface area contributed by atoms with E-state index in [1.807, 2.05) is 0 Å². The van der Waals surface area contributed by atoms with Crippen molar-refractivity contribution in [2.75, 3.05) is 0 Å². The van der Waals surface area contributed by atoms with E-state index in [9.17, 15) is 0 Å². The van der Waals surface area contributed by atoms with Gasteiger partial charge in [-0.1, -0.05) is 7.05 Å². The van der Waals surface area contributed by atoms with E-state index < -0.39 is 0 Å². The third kappa shape index (κ3) is 20.1. The summed E-state index contributed by atoms with van der Waals surface area (Å²) >= 11 is 0. The van der Waals surface area contributed by atoms with Crippen molar-refractivity contribution in [3.8, 4) is 0 Å². The van der Waals surface area contributed by atoms with Gasteiger partial charge in [0.05, 0.1) is 0 Å². The van der Waals surface area contributed by atoms with Crippen molar-refractivity contribution in [3.63, 3.8) is 0 Å². The van der Waals surface area contributed by atoms with E-state index in [4.69, 9.17) is 6.57 Å². The Morgan fingerprint density at radius 3 is 1.75 bits per heavy atom. The number of hydrogen-bond donors (Lipinski definition) is 0. The molecule has 0 heterocycles. The SMILES string of the molecule is [C-]#[N+][CH2-].[La]. The zero-order chi connectivity index (χ0) is 2.71. The fourth-order valence-electron chi connectivity index (χ4n) is 0. The molecule has 1 radical (unpaired) electrons. The average molecular weight is 179 g/mol. The molecule has 0 bridgehead atoms. The van der Waals surface area contributed by atoms with Crippen molar-refractivity contribution in [1.82, 2.24) is 0 Å². The maximum atomic E-state index is 5.72. The van der Waals surface area contributed by atoms with Gasteiger partial charge in [-0.05, 0) is 0 Å². The summed E-state index contributed by atoms with van der Waals surface area (Å²) < 4.78 is 0. The van der Waals surface area contributed by atoms with Crippen LogP contribution in [0.4, 0.5) is 0 Å². The Kier molecular flexibility index (Phi) is 21.2. The van der Waals surface area contributed by atoms with Crippen LogP contribution in [0, 0.1) is 49.2 Å². The summed E-state index contributed by atoms with van der Waals surface area (Å²) in [6.07, 6.45) is 0. The molecule has 0 atom stereocenters. The van der Waals surface area contributed by atoms with Crippen molar-refractivity contribution in [2.45, 2.75) is 0 Å². The molecule has 0 fully saturated rings. The largest absolute Gasteiger partial charge is 0.464 e. The van der Waals surface area contributed by atoms with E-state index in [1.165, 1.54) is 0 Å². The van der Waals surface area contributed by atoms with Gasteiger partial charge in [-0.3, -0.25) is 6.57 Å². The molecule has 0 aliphatic rings. The molecular formula is C2H2LaN-. The topological polar surface area (TPSA) is 4.36 Å². The van der Waals surface area contributed by atoms with Crippen molar-refractivity contribution in [1.29, 1.82) is 0 Å². The molecule has 0 rings (SSSR count). The Morgan fingerprint density at radius 1 is 1.75 bits per heavy atom. The predicted molar refractivity (Wildman–Crippen MR) is 12.0 cm³/mol. The molecule has 1 nitrogen and oxygen atoms in total. The van der Waals surface area contributed by atoms with Crippen molar-refractivity contribution < 1.29 is 35.6 Å². The molecule has 2 heteroatoms. The zero-order valence-corrected chi connectivity index (χ0v) is 5.86. The third-order valence-electron chi connectivity index (χ3n) is 0. The molecule has 0 unspecified atom stereocenters. The summed E-state index contributed by atoms with van der Waals surface area (Å²) in [6, 6.07) is 0. The van der Waals surface area contributed by atoms with Gasteiger partial charge in [0.25, 0.3) is 0 Å². The summed E-state index contributed by atoms with van der Waals surface area (Å²) in [5.41, 5.74) is 0. The van der Waals surface area contributed by atoms with Gasteiger partial charge in [-0.25, -0.2) is 0 Å². The van der Waals surface area contributed by atoms with Crippen molar-refractivity contribution >= 4 is 0 Å². The minimum absolute atomic E-state index is 0. The van der Waals surface area contributed by atoms with Gasteiger partial charge in [-0.2, -0.15) is 0 Å². The number of nitrogens with zero attached hydrogens (tertiary/aromatic N) is 1. The Hall–Kier alpha value is 0.555. The van der Waals surface area contributed by atoms with Crippen LogP contribution in [0.25, 0.3) is 4.85 Å². The summed E-state index contributed by atoms with van der Waals surface area (Å²) in [6.45, 7) is 5.72. The number of hydrogen-bond acceptors (Lipinski definition) is 0. The second-order valence-corrected chi connectivity index (χ2v) is 0.158. The van der Waals surface area contributed by atoms with E-state index in [-0.39, 0.29) is 35.6 Å². The first-order valence-electron chi connectivity index (χ1n) is 0.540. The third-order valence-corrected chi connectivity index (χ3v) is 0. The molecule has 0 amide bonds. The predicted octanol–water partition coefficient (Wildman–Crippen LogP) is 0.697. The molecule has 19 valence electrons. The van der Waals surface area contributed by atoms with E-state index in [1.54, 1.807) is 0 Å². The minimum atomic E-state index is 0. The van der Waals surface area contributed by atoms with E-state index in [2.05, 4.69) is 11.9 Å². The van der Waals surface area contributed by atoms with Crippen LogP contribution in [0.3, 0.4) is 0 Å². The summed E-state index contributed by atoms with van der Waals surface area (Å²) in [5.74, 6) is 0. The van der Waals surface area contributed by atoms with E-state index in [0.29, 0.717) is 0 Å². The normalized spacial score (nSPS) is 1.75. The fraction of sp³-hybridized carbons (Fsp3) is 0. The summed E-state index contributed by atoms with van der Waals surface area (Å²) in [4.78, 5) is 2.50. The van der Waals surface area contributed by atoms with Crippen LogP contribution in [0.15, 0.2) is 0 Å². The first kappa shape index (κ1) is 8.82. The fourth-order valence-corrected chi connectivity index (χ4v) is 0. The van der Waals surface area contributed by atoms with Crippen LogP contribution < -0.4 is 0 Å². The molecule has 0 aliphatic carbocycles. The van der Waals surface area contributed by atoms with Gasteiger partial charge in [0.2, 0.25) is 0 Å². The quantitative estimate of drug-likeness (QED) is 0.482. The molecule has 0 saturated carbocycles. The Bertz CT molecular complexity index is 27.5. The monoisotopic (exact) mass is 179 g/mol. The van der Waals surface area contributed by atoms with Crippen LogP contribution in [0.2, 0.25) is 0 Å². The second-order valence-electron chi connectivity index (χ2n) is 0.158. The molecule has 0 saturated heterocycles. The minimum Gasteiger partial charge on any atom is -0.464 e. The van der Waals surface area contributed by atoms with Gasteiger partial charge in [-0.15, -0.1) is 0 Å². The van der Waals surface area contributed by atoms with Crippen LogP contribution in [0.1, 0.15) is 0 Å². The van der Waals surface area contributed by atoms with Gasteiger partial charge in [0, 0.05) is 35.6 Å². The molecule has 0 aliphatic heterocycles. The Labute approximate surface area is 53.8 Å². The summed E-state index contributed by atoms with van der Waals surface area (Å²) in [5, 5.41) is 0. The van der Waals surface area contributed by atoms with Gasteiger partial charge >= 0.3 is 0 Å². The van der Waals surface area contributed by atoms with Crippen molar-refractivity contribution in [3.05, 3.63) is 18.5 Å². The van der Waals surface area contributed by atoms with E-state index >= 15 is 0 Å². The smallest absolute Gasteiger partial charge is 0 e. The molecule has 0 aromatic carbocycles. The van der Waals surface area contributed by atoms with Gasteiger partial charge in [0.1, 0.15) is 0 Å². The van der Waals surface area contributed by atoms with Gasteiger partial charge < -0.3 is 4.85 Å². The van der Waals surface area contributed by atoms with Crippen LogP contribution in [-0.2, 0) is 0 Å². The molecule has 0 aromatic heterocycles. The number of rotatable bonds is 0. The van der Waals surface area contributed by atoms with Crippen molar-refractivity contribution in [2.24, 2.45) is 0 Å². The molecule has 0 aromatic rings. The average Bonchev–Trinajstić information content (AvgIpc) is 0.918. The van der Waals surface area contributed by atoms with Crippen LogP contribution in [0.5, 0.6) is 0 Å². The second kappa shape index (κ2) is 9.60. The Balaban J connectivity index is 0. The Morgan fingerprint density at radius 2 is 1.75 bits per heavy atom. The maximum absolute atomic E-state index is 5.72. The molecule has 4 heavy (non-hydrogen) atoms. The first-order chi connectivity index (χ1) is 1.41. The summed E-state index contributed by atoms with van der Waals surface area (Å²) in [7, 11) is 2.78. The molecular weight excluding hydrogens is 177 g/mol. The first-order valence-corrected chi connectivity index (χ1v) is 0.540. The maximum Gasteiger partial charge on any atom is 0 e. The molecule has 0 spiro atoms. The molecule has 0 N–H and O–H groups in total.